The molecule has 1 aliphatic heterocycles. The van der Waals surface area contributed by atoms with Gasteiger partial charge in [-0.25, -0.2) is 0 Å². The molecule has 1 spiro atoms. The number of rotatable bonds is 1. The van der Waals surface area contributed by atoms with Gasteiger partial charge < -0.3 is 9.47 Å². The Morgan fingerprint density at radius 3 is 1.80 bits per heavy atom. The van der Waals surface area contributed by atoms with E-state index in [-0.39, 0.29) is 5.79 Å². The highest BCUT2D eigenvalue weighted by molar-refractivity contribution is 4.87. The molecule has 0 unspecified atom stereocenters. The molecule has 2 rings (SSSR count). The van der Waals surface area contributed by atoms with Crippen LogP contribution in [0.1, 0.15) is 59.8 Å². The van der Waals surface area contributed by atoms with E-state index in [1.807, 2.05) is 13.8 Å². The second kappa shape index (κ2) is 5.31. The van der Waals surface area contributed by atoms with Crippen LogP contribution in [-0.2, 0) is 9.47 Å². The summed E-state index contributed by atoms with van der Waals surface area (Å²) in [4.78, 5) is 0. The van der Waals surface area contributed by atoms with Crippen molar-refractivity contribution in [3.63, 3.8) is 0 Å². The average molecular weight is 214 g/mol. The molecule has 0 N–H and O–H groups in total. The van der Waals surface area contributed by atoms with Crippen LogP contribution in [0, 0.1) is 5.41 Å². The smallest absolute Gasteiger partial charge is 0.168 e. The number of ether oxygens (including phenoxy) is 2. The van der Waals surface area contributed by atoms with Gasteiger partial charge in [0.25, 0.3) is 0 Å². The van der Waals surface area contributed by atoms with Crippen molar-refractivity contribution >= 4 is 0 Å². The molecular formula is C13H26O2. The van der Waals surface area contributed by atoms with Crippen molar-refractivity contribution in [3.05, 3.63) is 0 Å². The van der Waals surface area contributed by atoms with Crippen LogP contribution in [0.25, 0.3) is 0 Å². The summed E-state index contributed by atoms with van der Waals surface area (Å²) in [6, 6.07) is 0. The molecule has 2 aliphatic rings. The highest BCUT2D eigenvalue weighted by Gasteiger charge is 2.43. The van der Waals surface area contributed by atoms with E-state index in [0.29, 0.717) is 5.41 Å². The van der Waals surface area contributed by atoms with E-state index >= 15 is 0 Å². The molecule has 2 heteroatoms. The van der Waals surface area contributed by atoms with Gasteiger partial charge in [0.2, 0.25) is 0 Å². The molecule has 2 fully saturated rings. The largest absolute Gasteiger partial charge is 0.348 e. The number of hydrogen-bond acceptors (Lipinski definition) is 2. The van der Waals surface area contributed by atoms with Crippen LogP contribution >= 0.6 is 0 Å². The van der Waals surface area contributed by atoms with Gasteiger partial charge in [-0.05, 0) is 18.3 Å². The third kappa shape index (κ3) is 2.94. The first kappa shape index (κ1) is 13.0. The Morgan fingerprint density at radius 2 is 1.40 bits per heavy atom. The van der Waals surface area contributed by atoms with Gasteiger partial charge in [0.05, 0.1) is 13.2 Å². The van der Waals surface area contributed by atoms with Crippen LogP contribution in [-0.4, -0.2) is 19.0 Å². The van der Waals surface area contributed by atoms with Gasteiger partial charge in [-0.1, -0.05) is 34.1 Å². The topological polar surface area (TPSA) is 18.5 Å². The Morgan fingerprint density at radius 1 is 0.933 bits per heavy atom. The molecule has 0 atom stereocenters. The van der Waals surface area contributed by atoms with Crippen molar-refractivity contribution in [1.29, 1.82) is 0 Å². The fourth-order valence-electron chi connectivity index (χ4n) is 2.37. The summed E-state index contributed by atoms with van der Waals surface area (Å²) in [6.45, 7) is 10.3. The van der Waals surface area contributed by atoms with E-state index in [1.54, 1.807) is 0 Å². The maximum Gasteiger partial charge on any atom is 0.168 e. The summed E-state index contributed by atoms with van der Waals surface area (Å²) in [6.07, 6.45) is 5.98. The lowest BCUT2D eigenvalue weighted by atomic mass is 9.72. The quantitative estimate of drug-likeness (QED) is 0.662. The average Bonchev–Trinajstić information content (AvgIpc) is 2.75. The summed E-state index contributed by atoms with van der Waals surface area (Å²) >= 11 is 0. The molecule has 1 aliphatic carbocycles. The van der Waals surface area contributed by atoms with E-state index in [0.717, 1.165) is 26.1 Å². The van der Waals surface area contributed by atoms with E-state index in [1.165, 1.54) is 19.3 Å². The summed E-state index contributed by atoms with van der Waals surface area (Å²) < 4.78 is 11.4. The maximum atomic E-state index is 5.70. The summed E-state index contributed by atoms with van der Waals surface area (Å²) in [5.74, 6) is -0.172. The lowest BCUT2D eigenvalue weighted by Crippen LogP contribution is -2.38. The first-order valence-corrected chi connectivity index (χ1v) is 6.46. The van der Waals surface area contributed by atoms with Gasteiger partial charge in [0.15, 0.2) is 5.79 Å². The molecule has 1 heterocycles. The molecule has 1 saturated carbocycles. The second-order valence-corrected chi connectivity index (χ2v) is 4.77. The van der Waals surface area contributed by atoms with Crippen molar-refractivity contribution in [3.8, 4) is 0 Å². The molecule has 15 heavy (non-hydrogen) atoms. The fourth-order valence-corrected chi connectivity index (χ4v) is 2.37. The molecule has 1 saturated heterocycles. The predicted molar refractivity (Wildman–Crippen MR) is 62.8 cm³/mol. The normalized spacial score (nSPS) is 27.2. The first-order chi connectivity index (χ1) is 7.18. The van der Waals surface area contributed by atoms with E-state index in [2.05, 4.69) is 13.8 Å². The predicted octanol–water partition coefficient (Wildman–Crippen LogP) is 3.75. The monoisotopic (exact) mass is 214 g/mol. The van der Waals surface area contributed by atoms with Crippen LogP contribution in [0.4, 0.5) is 0 Å². The molecule has 0 amide bonds. The third-order valence-corrected chi connectivity index (χ3v) is 3.89. The lowest BCUT2D eigenvalue weighted by molar-refractivity contribution is -0.190. The minimum absolute atomic E-state index is 0.172. The van der Waals surface area contributed by atoms with E-state index < -0.39 is 0 Å². The Labute approximate surface area is 94.3 Å². The van der Waals surface area contributed by atoms with Crippen LogP contribution < -0.4 is 0 Å². The van der Waals surface area contributed by atoms with E-state index in [9.17, 15) is 0 Å². The Balaban J connectivity index is 0.000000531. The zero-order valence-electron chi connectivity index (χ0n) is 10.8. The molecule has 0 aromatic heterocycles. The fraction of sp³-hybridized carbons (Fsp3) is 1.00. The summed E-state index contributed by atoms with van der Waals surface area (Å²) in [7, 11) is 0. The molecule has 0 aromatic rings. The van der Waals surface area contributed by atoms with Gasteiger partial charge in [-0.15, -0.1) is 0 Å². The first-order valence-electron chi connectivity index (χ1n) is 6.46. The Bertz CT molecular complexity index is 173. The van der Waals surface area contributed by atoms with Crippen LogP contribution in [0.3, 0.4) is 0 Å². The molecular weight excluding hydrogens is 188 g/mol. The molecule has 0 aromatic carbocycles. The van der Waals surface area contributed by atoms with Crippen molar-refractivity contribution in [2.75, 3.05) is 13.2 Å². The highest BCUT2D eigenvalue weighted by atomic mass is 16.7. The van der Waals surface area contributed by atoms with Gasteiger partial charge in [0, 0.05) is 12.8 Å². The van der Waals surface area contributed by atoms with Gasteiger partial charge in [-0.3, -0.25) is 0 Å². The molecule has 2 nitrogen and oxygen atoms in total. The highest BCUT2D eigenvalue weighted by Crippen LogP contribution is 2.45. The minimum Gasteiger partial charge on any atom is -0.348 e. The van der Waals surface area contributed by atoms with Crippen molar-refractivity contribution in [2.45, 2.75) is 65.6 Å². The van der Waals surface area contributed by atoms with Crippen molar-refractivity contribution in [1.82, 2.24) is 0 Å². The molecule has 90 valence electrons. The summed E-state index contributed by atoms with van der Waals surface area (Å²) in [5, 5.41) is 0. The standard InChI is InChI=1S/C11H20O2.C2H6/c1-3-10(2)4-6-11(7-5-10)12-8-9-13-11;1-2/h3-9H2,1-2H3;1-2H3. The second-order valence-electron chi connectivity index (χ2n) is 4.77. The molecule has 0 bridgehead atoms. The molecule has 0 radical (unpaired) electrons. The zero-order valence-corrected chi connectivity index (χ0v) is 10.8. The number of hydrogen-bond donors (Lipinski definition) is 0. The summed E-state index contributed by atoms with van der Waals surface area (Å²) in [5.41, 5.74) is 0.542. The van der Waals surface area contributed by atoms with Crippen LogP contribution in [0.5, 0.6) is 0 Å². The zero-order chi connectivity index (χ0) is 11.4. The third-order valence-electron chi connectivity index (χ3n) is 3.89. The van der Waals surface area contributed by atoms with Crippen LogP contribution in [0.15, 0.2) is 0 Å². The Kier molecular flexibility index (Phi) is 4.60. The minimum atomic E-state index is -0.172. The van der Waals surface area contributed by atoms with Crippen LogP contribution in [0.2, 0.25) is 0 Å². The van der Waals surface area contributed by atoms with Crippen molar-refractivity contribution < 1.29 is 9.47 Å². The van der Waals surface area contributed by atoms with E-state index in [4.69, 9.17) is 9.47 Å². The van der Waals surface area contributed by atoms with Gasteiger partial charge in [0.1, 0.15) is 0 Å². The van der Waals surface area contributed by atoms with Crippen molar-refractivity contribution in [2.24, 2.45) is 5.41 Å². The lowest BCUT2D eigenvalue weighted by Gasteiger charge is -2.41. The maximum absolute atomic E-state index is 5.70. The SMILES string of the molecule is CC.CCC1(C)CCC2(CC1)OCCO2. The van der Waals surface area contributed by atoms with Gasteiger partial charge in [-0.2, -0.15) is 0 Å². The van der Waals surface area contributed by atoms with Gasteiger partial charge >= 0.3 is 0 Å². The Hall–Kier alpha value is -0.0800.